The lowest BCUT2D eigenvalue weighted by atomic mass is 9.81. The Morgan fingerprint density at radius 1 is 1.06 bits per heavy atom. The maximum Gasteiger partial charge on any atom is 0.139 e. The molecule has 2 unspecified atom stereocenters. The Morgan fingerprint density at radius 3 is 2.25 bits per heavy atom. The third kappa shape index (κ3) is 2.67. The third-order valence-electron chi connectivity index (χ3n) is 4.42. The fraction of sp³-hybridized carbons (Fsp3) is 0.933. The summed E-state index contributed by atoms with van der Waals surface area (Å²) in [5, 5.41) is 0. The minimum atomic E-state index is 0.310. The van der Waals surface area contributed by atoms with E-state index in [1.54, 1.807) is 0 Å². The standard InChI is InChI=1S/C15H26O/c1-15(2,3)10-12-8-9-13(14(12)16)11-6-4-5-7-11/h11-13H,4-10H2,1-3H3. The quantitative estimate of drug-likeness (QED) is 0.684. The Hall–Kier alpha value is -0.330. The third-order valence-corrected chi connectivity index (χ3v) is 4.42. The Balaban J connectivity index is 1.93. The van der Waals surface area contributed by atoms with E-state index in [-0.39, 0.29) is 0 Å². The number of hydrogen-bond donors (Lipinski definition) is 0. The summed E-state index contributed by atoms with van der Waals surface area (Å²) in [7, 11) is 0. The summed E-state index contributed by atoms with van der Waals surface area (Å²) in [5.74, 6) is 2.18. The van der Waals surface area contributed by atoms with Crippen molar-refractivity contribution < 1.29 is 4.79 Å². The van der Waals surface area contributed by atoms with Crippen LogP contribution in [0.2, 0.25) is 0 Å². The van der Waals surface area contributed by atoms with Gasteiger partial charge in [0.25, 0.3) is 0 Å². The van der Waals surface area contributed by atoms with E-state index in [1.807, 2.05) is 0 Å². The summed E-state index contributed by atoms with van der Waals surface area (Å²) in [5.41, 5.74) is 0.310. The largest absolute Gasteiger partial charge is 0.299 e. The van der Waals surface area contributed by atoms with Crippen LogP contribution in [0.25, 0.3) is 0 Å². The highest BCUT2D eigenvalue weighted by molar-refractivity contribution is 5.85. The first kappa shape index (κ1) is 12.1. The molecule has 0 radical (unpaired) electrons. The molecule has 0 heterocycles. The van der Waals surface area contributed by atoms with Crippen molar-refractivity contribution in [2.75, 3.05) is 0 Å². The molecule has 0 saturated heterocycles. The first-order valence-electron chi connectivity index (χ1n) is 7.01. The molecule has 0 N–H and O–H groups in total. The number of ketones is 1. The number of carbonyl (C=O) groups is 1. The monoisotopic (exact) mass is 222 g/mol. The summed E-state index contributed by atoms with van der Waals surface area (Å²) in [6.07, 6.45) is 8.80. The lowest BCUT2D eigenvalue weighted by Crippen LogP contribution is -2.23. The second-order valence-electron chi connectivity index (χ2n) is 7.09. The zero-order valence-electron chi connectivity index (χ0n) is 11.1. The molecule has 1 heteroatoms. The van der Waals surface area contributed by atoms with Gasteiger partial charge < -0.3 is 0 Å². The van der Waals surface area contributed by atoms with E-state index < -0.39 is 0 Å². The summed E-state index contributed by atoms with van der Waals surface area (Å²) < 4.78 is 0. The molecule has 92 valence electrons. The van der Waals surface area contributed by atoms with Gasteiger partial charge >= 0.3 is 0 Å². The molecule has 0 aromatic rings. The highest BCUT2D eigenvalue weighted by Gasteiger charge is 2.40. The maximum atomic E-state index is 12.4. The Morgan fingerprint density at radius 2 is 1.69 bits per heavy atom. The van der Waals surface area contributed by atoms with Crippen molar-refractivity contribution in [2.24, 2.45) is 23.2 Å². The molecule has 2 rings (SSSR count). The van der Waals surface area contributed by atoms with Crippen molar-refractivity contribution in [3.63, 3.8) is 0 Å². The van der Waals surface area contributed by atoms with Crippen LogP contribution in [0.3, 0.4) is 0 Å². The van der Waals surface area contributed by atoms with E-state index in [9.17, 15) is 4.79 Å². The van der Waals surface area contributed by atoms with Crippen LogP contribution < -0.4 is 0 Å². The number of hydrogen-bond acceptors (Lipinski definition) is 1. The maximum absolute atomic E-state index is 12.4. The average Bonchev–Trinajstić information content (AvgIpc) is 2.75. The fourth-order valence-electron chi connectivity index (χ4n) is 3.74. The normalized spacial score (nSPS) is 32.6. The number of Topliss-reactive ketones (excluding diaryl/α,β-unsaturated/α-hetero) is 1. The first-order chi connectivity index (χ1) is 7.47. The summed E-state index contributed by atoms with van der Waals surface area (Å²) >= 11 is 0. The van der Waals surface area contributed by atoms with Crippen LogP contribution in [-0.2, 0) is 4.79 Å². The molecule has 2 saturated carbocycles. The van der Waals surface area contributed by atoms with Gasteiger partial charge in [-0.25, -0.2) is 0 Å². The van der Waals surface area contributed by atoms with Gasteiger partial charge in [0.1, 0.15) is 5.78 Å². The van der Waals surface area contributed by atoms with E-state index in [0.29, 0.717) is 23.0 Å². The van der Waals surface area contributed by atoms with Crippen molar-refractivity contribution in [2.45, 2.75) is 65.7 Å². The minimum absolute atomic E-state index is 0.310. The van der Waals surface area contributed by atoms with Crippen molar-refractivity contribution >= 4 is 5.78 Å². The highest BCUT2D eigenvalue weighted by atomic mass is 16.1. The molecular formula is C15H26O. The van der Waals surface area contributed by atoms with Crippen molar-refractivity contribution in [3.05, 3.63) is 0 Å². The second-order valence-corrected chi connectivity index (χ2v) is 7.09. The zero-order chi connectivity index (χ0) is 11.8. The van der Waals surface area contributed by atoms with Crippen molar-refractivity contribution in [1.29, 1.82) is 0 Å². The van der Waals surface area contributed by atoms with E-state index in [0.717, 1.165) is 18.8 Å². The van der Waals surface area contributed by atoms with Gasteiger partial charge in [-0.3, -0.25) is 4.79 Å². The molecule has 0 aromatic heterocycles. The van der Waals surface area contributed by atoms with Gasteiger partial charge in [-0.2, -0.15) is 0 Å². The predicted octanol–water partition coefficient (Wildman–Crippen LogP) is 4.21. The van der Waals surface area contributed by atoms with Gasteiger partial charge in [0.05, 0.1) is 0 Å². The van der Waals surface area contributed by atoms with E-state index >= 15 is 0 Å². The van der Waals surface area contributed by atoms with E-state index in [2.05, 4.69) is 20.8 Å². The van der Waals surface area contributed by atoms with Crippen LogP contribution in [0.15, 0.2) is 0 Å². The van der Waals surface area contributed by atoms with Crippen molar-refractivity contribution in [3.8, 4) is 0 Å². The van der Waals surface area contributed by atoms with E-state index in [1.165, 1.54) is 32.1 Å². The van der Waals surface area contributed by atoms with Gasteiger partial charge in [-0.1, -0.05) is 33.6 Å². The molecule has 2 aliphatic rings. The molecule has 0 amide bonds. The SMILES string of the molecule is CC(C)(C)CC1CCC(C2CCCC2)C1=O. The average molecular weight is 222 g/mol. The predicted molar refractivity (Wildman–Crippen MR) is 67.3 cm³/mol. The summed E-state index contributed by atoms with van der Waals surface area (Å²) in [4.78, 5) is 12.4. The minimum Gasteiger partial charge on any atom is -0.299 e. The summed E-state index contributed by atoms with van der Waals surface area (Å²) in [6.45, 7) is 6.76. The smallest absolute Gasteiger partial charge is 0.139 e. The number of rotatable bonds is 2. The lowest BCUT2D eigenvalue weighted by molar-refractivity contribution is -0.126. The molecule has 16 heavy (non-hydrogen) atoms. The highest BCUT2D eigenvalue weighted by Crippen LogP contribution is 2.43. The van der Waals surface area contributed by atoms with Crippen molar-refractivity contribution in [1.82, 2.24) is 0 Å². The van der Waals surface area contributed by atoms with Gasteiger partial charge in [0.15, 0.2) is 0 Å². The fourth-order valence-corrected chi connectivity index (χ4v) is 3.74. The van der Waals surface area contributed by atoms with E-state index in [4.69, 9.17) is 0 Å². The Kier molecular flexibility index (Phi) is 3.42. The van der Waals surface area contributed by atoms with Crippen LogP contribution in [0.5, 0.6) is 0 Å². The van der Waals surface area contributed by atoms with Crippen LogP contribution in [0.1, 0.15) is 65.7 Å². The molecule has 2 aliphatic carbocycles. The van der Waals surface area contributed by atoms with Crippen LogP contribution in [0.4, 0.5) is 0 Å². The topological polar surface area (TPSA) is 17.1 Å². The Labute approximate surface area is 100.0 Å². The molecule has 2 atom stereocenters. The molecule has 0 aliphatic heterocycles. The van der Waals surface area contributed by atoms with Gasteiger partial charge in [-0.05, 0) is 43.4 Å². The van der Waals surface area contributed by atoms with Gasteiger partial charge in [0.2, 0.25) is 0 Å². The van der Waals surface area contributed by atoms with Crippen LogP contribution in [-0.4, -0.2) is 5.78 Å². The summed E-state index contributed by atoms with van der Waals surface area (Å²) in [6, 6.07) is 0. The first-order valence-corrected chi connectivity index (χ1v) is 7.01. The molecule has 0 bridgehead atoms. The Bertz CT molecular complexity index is 255. The molecule has 0 spiro atoms. The van der Waals surface area contributed by atoms with Crippen LogP contribution >= 0.6 is 0 Å². The molecule has 2 fully saturated rings. The molecular weight excluding hydrogens is 196 g/mol. The number of carbonyl (C=O) groups excluding carboxylic acids is 1. The zero-order valence-corrected chi connectivity index (χ0v) is 11.1. The van der Waals surface area contributed by atoms with Crippen LogP contribution in [0, 0.1) is 23.2 Å². The lowest BCUT2D eigenvalue weighted by Gasteiger charge is -2.23. The van der Waals surface area contributed by atoms with Gasteiger partial charge in [0, 0.05) is 11.8 Å². The molecule has 1 nitrogen and oxygen atoms in total. The second kappa shape index (κ2) is 4.50. The van der Waals surface area contributed by atoms with Gasteiger partial charge in [-0.15, -0.1) is 0 Å². The molecule has 0 aromatic carbocycles.